The van der Waals surface area contributed by atoms with E-state index in [4.69, 9.17) is 0 Å². The molecule has 1 heterocycles. The number of nitriles is 1. The highest BCUT2D eigenvalue weighted by Gasteiger charge is 2.38. The third kappa shape index (κ3) is 4.37. The summed E-state index contributed by atoms with van der Waals surface area (Å²) >= 11 is 0. The topological polar surface area (TPSA) is 65.2 Å². The van der Waals surface area contributed by atoms with E-state index in [2.05, 4.69) is 11.2 Å². The second kappa shape index (κ2) is 8.36. The first-order chi connectivity index (χ1) is 13.0. The minimum Gasteiger partial charge on any atom is -0.326 e. The van der Waals surface area contributed by atoms with Crippen LogP contribution in [-0.4, -0.2) is 51.7 Å². The van der Waals surface area contributed by atoms with Gasteiger partial charge in [-0.25, -0.2) is 4.68 Å². The highest BCUT2D eigenvalue weighted by atomic mass is 16.2. The van der Waals surface area contributed by atoms with Gasteiger partial charge in [0.05, 0.1) is 24.5 Å². The monoisotopic (exact) mass is 365 g/mol. The lowest BCUT2D eigenvalue weighted by Gasteiger charge is -2.39. The maximum Gasteiger partial charge on any atom is 0.237 e. The van der Waals surface area contributed by atoms with Gasteiger partial charge in [0.15, 0.2) is 0 Å². The first kappa shape index (κ1) is 19.1. The normalized spacial score (nSPS) is 16.1. The molecule has 3 rings (SSSR count). The van der Waals surface area contributed by atoms with Crippen LogP contribution in [0.4, 0.5) is 0 Å². The maximum atomic E-state index is 12.7. The third-order valence-electron chi connectivity index (χ3n) is 5.42. The van der Waals surface area contributed by atoms with E-state index in [9.17, 15) is 10.1 Å². The highest BCUT2D eigenvalue weighted by molar-refractivity contribution is 5.79. The predicted octanol–water partition coefficient (Wildman–Crippen LogP) is 2.99. The standard InChI is InChI=1S/C21H27N5O/c1-24(14-18-13-23-26(15-18)19-9-5-3-6-10-19)16-20(27)25(2)21(17-22)11-7-4-8-12-21/h3,5-6,9-10,13,15H,4,7-8,11-12,14,16H2,1-2H3. The second-order valence-corrected chi connectivity index (χ2v) is 7.46. The molecule has 6 nitrogen and oxygen atoms in total. The van der Waals surface area contributed by atoms with Crippen molar-refractivity contribution in [3.8, 4) is 11.8 Å². The Hall–Kier alpha value is -2.65. The molecule has 1 aromatic heterocycles. The van der Waals surface area contributed by atoms with Crippen molar-refractivity contribution in [1.29, 1.82) is 5.26 Å². The number of likely N-dealkylation sites (N-methyl/N-ethyl adjacent to an activating group) is 2. The molecule has 0 aliphatic heterocycles. The van der Waals surface area contributed by atoms with Crippen molar-refractivity contribution in [2.24, 2.45) is 0 Å². The number of para-hydroxylation sites is 1. The van der Waals surface area contributed by atoms with Crippen LogP contribution in [-0.2, 0) is 11.3 Å². The van der Waals surface area contributed by atoms with Crippen LogP contribution < -0.4 is 0 Å². The molecule has 2 aromatic rings. The van der Waals surface area contributed by atoms with E-state index < -0.39 is 5.54 Å². The summed E-state index contributed by atoms with van der Waals surface area (Å²) in [7, 11) is 3.70. The molecule has 1 aliphatic carbocycles. The van der Waals surface area contributed by atoms with Gasteiger partial charge in [-0.3, -0.25) is 9.69 Å². The summed E-state index contributed by atoms with van der Waals surface area (Å²) in [5.41, 5.74) is 1.42. The van der Waals surface area contributed by atoms with Crippen LogP contribution in [0.15, 0.2) is 42.7 Å². The first-order valence-corrected chi connectivity index (χ1v) is 9.49. The van der Waals surface area contributed by atoms with Crippen molar-refractivity contribution in [3.05, 3.63) is 48.3 Å². The molecule has 0 N–H and O–H groups in total. The van der Waals surface area contributed by atoms with Gasteiger partial charge in [-0.1, -0.05) is 37.5 Å². The van der Waals surface area contributed by atoms with Crippen molar-refractivity contribution in [2.45, 2.75) is 44.2 Å². The van der Waals surface area contributed by atoms with Gasteiger partial charge in [-0.15, -0.1) is 0 Å². The second-order valence-electron chi connectivity index (χ2n) is 7.46. The van der Waals surface area contributed by atoms with Crippen molar-refractivity contribution < 1.29 is 4.79 Å². The fourth-order valence-corrected chi connectivity index (χ4v) is 3.77. The number of aromatic nitrogens is 2. The number of amides is 1. The summed E-state index contributed by atoms with van der Waals surface area (Å²) < 4.78 is 1.84. The summed E-state index contributed by atoms with van der Waals surface area (Å²) in [5.74, 6) is -0.00333. The number of carbonyl (C=O) groups is 1. The van der Waals surface area contributed by atoms with Gasteiger partial charge in [-0.2, -0.15) is 10.4 Å². The van der Waals surface area contributed by atoms with Gasteiger partial charge in [0.25, 0.3) is 0 Å². The number of hydrogen-bond donors (Lipinski definition) is 0. The van der Waals surface area contributed by atoms with E-state index in [0.29, 0.717) is 6.54 Å². The third-order valence-corrected chi connectivity index (χ3v) is 5.42. The van der Waals surface area contributed by atoms with Crippen molar-refractivity contribution in [3.63, 3.8) is 0 Å². The molecule has 0 bridgehead atoms. The van der Waals surface area contributed by atoms with Crippen LogP contribution in [0.25, 0.3) is 5.69 Å². The van der Waals surface area contributed by atoms with Gasteiger partial charge in [0.2, 0.25) is 5.91 Å². The Morgan fingerprint density at radius 2 is 1.93 bits per heavy atom. The van der Waals surface area contributed by atoms with Crippen molar-refractivity contribution in [2.75, 3.05) is 20.6 Å². The summed E-state index contributed by atoms with van der Waals surface area (Å²) in [6.07, 6.45) is 8.54. The molecule has 0 spiro atoms. The summed E-state index contributed by atoms with van der Waals surface area (Å²) in [4.78, 5) is 16.4. The van der Waals surface area contributed by atoms with E-state index in [1.807, 2.05) is 59.4 Å². The Bertz CT molecular complexity index is 801. The number of rotatable bonds is 6. The lowest BCUT2D eigenvalue weighted by molar-refractivity contribution is -0.135. The molecule has 0 atom stereocenters. The maximum absolute atomic E-state index is 12.7. The molecule has 1 aliphatic rings. The zero-order chi connectivity index (χ0) is 19.3. The quantitative estimate of drug-likeness (QED) is 0.789. The molecule has 27 heavy (non-hydrogen) atoms. The van der Waals surface area contributed by atoms with Gasteiger partial charge in [0, 0.05) is 25.4 Å². The fraction of sp³-hybridized carbons (Fsp3) is 0.476. The number of benzene rings is 1. The Labute approximate surface area is 161 Å². The van der Waals surface area contributed by atoms with Crippen molar-refractivity contribution in [1.82, 2.24) is 19.6 Å². The molecule has 0 saturated heterocycles. The minimum atomic E-state index is -0.631. The average molecular weight is 365 g/mol. The molecule has 1 amide bonds. The summed E-state index contributed by atoms with van der Waals surface area (Å²) in [6, 6.07) is 12.4. The average Bonchev–Trinajstić information content (AvgIpc) is 3.16. The summed E-state index contributed by atoms with van der Waals surface area (Å²) in [6.45, 7) is 0.919. The van der Waals surface area contributed by atoms with E-state index in [-0.39, 0.29) is 12.5 Å². The molecule has 0 unspecified atom stereocenters. The Balaban J connectivity index is 1.59. The molecule has 1 saturated carbocycles. The summed E-state index contributed by atoms with van der Waals surface area (Å²) in [5, 5.41) is 14.1. The molecular weight excluding hydrogens is 338 g/mol. The van der Waals surface area contributed by atoms with Crippen LogP contribution in [0.2, 0.25) is 0 Å². The van der Waals surface area contributed by atoms with Gasteiger partial charge < -0.3 is 4.90 Å². The van der Waals surface area contributed by atoms with E-state index in [1.54, 1.807) is 11.9 Å². The number of carbonyl (C=O) groups excluding carboxylic acids is 1. The molecule has 6 heteroatoms. The Kier molecular flexibility index (Phi) is 5.92. The van der Waals surface area contributed by atoms with Crippen LogP contribution in [0.3, 0.4) is 0 Å². The van der Waals surface area contributed by atoms with Crippen LogP contribution in [0.5, 0.6) is 0 Å². The van der Waals surface area contributed by atoms with Gasteiger partial charge in [-0.05, 0) is 32.0 Å². The first-order valence-electron chi connectivity index (χ1n) is 9.49. The van der Waals surface area contributed by atoms with E-state index >= 15 is 0 Å². The molecular formula is C21H27N5O. The lowest BCUT2D eigenvalue weighted by Crippen LogP contribution is -2.52. The predicted molar refractivity (Wildman–Crippen MR) is 104 cm³/mol. The van der Waals surface area contributed by atoms with Crippen LogP contribution >= 0.6 is 0 Å². The van der Waals surface area contributed by atoms with Gasteiger partial charge >= 0.3 is 0 Å². The lowest BCUT2D eigenvalue weighted by atomic mass is 9.81. The van der Waals surface area contributed by atoms with Crippen LogP contribution in [0, 0.1) is 11.3 Å². The van der Waals surface area contributed by atoms with E-state index in [0.717, 1.165) is 43.4 Å². The highest BCUT2D eigenvalue weighted by Crippen LogP contribution is 2.32. The molecule has 1 fully saturated rings. The molecule has 142 valence electrons. The molecule has 0 radical (unpaired) electrons. The van der Waals surface area contributed by atoms with Crippen LogP contribution in [0.1, 0.15) is 37.7 Å². The molecule has 1 aromatic carbocycles. The number of nitrogens with zero attached hydrogens (tertiary/aromatic N) is 5. The fourth-order valence-electron chi connectivity index (χ4n) is 3.77. The Morgan fingerprint density at radius 1 is 1.22 bits per heavy atom. The minimum absolute atomic E-state index is 0.00333. The van der Waals surface area contributed by atoms with E-state index in [1.165, 1.54) is 0 Å². The zero-order valence-corrected chi connectivity index (χ0v) is 16.1. The zero-order valence-electron chi connectivity index (χ0n) is 16.1. The number of hydrogen-bond acceptors (Lipinski definition) is 4. The smallest absolute Gasteiger partial charge is 0.237 e. The SMILES string of the molecule is CN(CC(=O)N(C)C1(C#N)CCCCC1)Cc1cnn(-c2ccccc2)c1. The van der Waals surface area contributed by atoms with Crippen molar-refractivity contribution >= 4 is 5.91 Å². The van der Waals surface area contributed by atoms with Gasteiger partial charge in [0.1, 0.15) is 5.54 Å². The Morgan fingerprint density at radius 3 is 2.59 bits per heavy atom. The largest absolute Gasteiger partial charge is 0.326 e.